The fourth-order valence-electron chi connectivity index (χ4n) is 4.38. The molecule has 3 aromatic rings. The summed E-state index contributed by atoms with van der Waals surface area (Å²) < 4.78 is 7.54. The molecule has 5 rings (SSSR count). The first-order valence-electron chi connectivity index (χ1n) is 10.9. The number of ether oxygens (including phenoxy) is 1. The molecule has 168 valence electrons. The molecule has 6 nitrogen and oxygen atoms in total. The van der Waals surface area contributed by atoms with E-state index in [0.717, 1.165) is 55.3 Å². The van der Waals surface area contributed by atoms with Gasteiger partial charge in [-0.05, 0) is 62.3 Å². The third-order valence-electron chi connectivity index (χ3n) is 5.89. The van der Waals surface area contributed by atoms with Crippen molar-refractivity contribution in [3.8, 4) is 0 Å². The van der Waals surface area contributed by atoms with Crippen molar-refractivity contribution in [3.63, 3.8) is 0 Å². The topological polar surface area (TPSA) is 73.2 Å². The largest absolute Gasteiger partial charge is 0.376 e. The van der Waals surface area contributed by atoms with Crippen molar-refractivity contribution in [2.45, 2.75) is 56.3 Å². The molecular formula is C23H24ClN3O3S2. The molecule has 0 bridgehead atoms. The Kier molecular flexibility index (Phi) is 6.55. The van der Waals surface area contributed by atoms with Crippen molar-refractivity contribution in [3.05, 3.63) is 50.1 Å². The number of aromatic nitrogens is 2. The average molecular weight is 490 g/mol. The number of thioether (sulfide) groups is 1. The van der Waals surface area contributed by atoms with Crippen molar-refractivity contribution in [2.75, 3.05) is 17.7 Å². The molecule has 1 atom stereocenters. The van der Waals surface area contributed by atoms with Crippen molar-refractivity contribution >= 4 is 56.5 Å². The highest BCUT2D eigenvalue weighted by Gasteiger charge is 2.25. The summed E-state index contributed by atoms with van der Waals surface area (Å²) in [6, 6.07) is 7.05. The lowest BCUT2D eigenvalue weighted by atomic mass is 9.97. The highest BCUT2D eigenvalue weighted by atomic mass is 35.5. The number of nitrogens with one attached hydrogen (secondary N) is 1. The maximum atomic E-state index is 13.6. The highest BCUT2D eigenvalue weighted by molar-refractivity contribution is 7.99. The standard InChI is InChI=1S/C23H24ClN3O3S2/c24-14-5-3-6-15(11-14)25-19(28)13-31-23-26-21-20(17-8-1-2-9-18(17)32-21)22(29)27(23)12-16-7-4-10-30-16/h3,5-6,11,16H,1-2,4,7-10,12-13H2,(H,25,28). The molecule has 0 saturated carbocycles. The maximum absolute atomic E-state index is 13.6. The summed E-state index contributed by atoms with van der Waals surface area (Å²) >= 11 is 8.93. The van der Waals surface area contributed by atoms with Gasteiger partial charge in [0.2, 0.25) is 5.91 Å². The molecule has 2 aromatic heterocycles. The van der Waals surface area contributed by atoms with Crippen molar-refractivity contribution in [1.82, 2.24) is 9.55 Å². The molecule has 1 amide bonds. The van der Waals surface area contributed by atoms with Crippen LogP contribution in [0.5, 0.6) is 0 Å². The molecule has 1 N–H and O–H groups in total. The molecule has 9 heteroatoms. The van der Waals surface area contributed by atoms with Gasteiger partial charge in [-0.15, -0.1) is 11.3 Å². The zero-order chi connectivity index (χ0) is 22.1. The van der Waals surface area contributed by atoms with Crippen molar-refractivity contribution in [2.24, 2.45) is 0 Å². The third kappa shape index (κ3) is 4.59. The van der Waals surface area contributed by atoms with E-state index in [1.54, 1.807) is 40.2 Å². The van der Waals surface area contributed by atoms with E-state index in [9.17, 15) is 9.59 Å². The number of hydrogen-bond acceptors (Lipinski definition) is 6. The lowest BCUT2D eigenvalue weighted by Crippen LogP contribution is -2.29. The molecule has 1 unspecified atom stereocenters. The number of amides is 1. The van der Waals surface area contributed by atoms with Gasteiger partial charge in [0.25, 0.3) is 5.56 Å². The van der Waals surface area contributed by atoms with Crippen LogP contribution in [0.25, 0.3) is 10.2 Å². The molecule has 1 aliphatic carbocycles. The summed E-state index contributed by atoms with van der Waals surface area (Å²) in [5, 5.41) is 4.78. The van der Waals surface area contributed by atoms with Crippen LogP contribution < -0.4 is 10.9 Å². The Hall–Kier alpha value is -1.87. The van der Waals surface area contributed by atoms with Crippen LogP contribution in [0.3, 0.4) is 0 Å². The predicted octanol–water partition coefficient (Wildman–Crippen LogP) is 4.90. The van der Waals surface area contributed by atoms with Crippen LogP contribution in [0.2, 0.25) is 5.02 Å². The van der Waals surface area contributed by atoms with E-state index >= 15 is 0 Å². The number of benzene rings is 1. The number of fused-ring (bicyclic) bond motifs is 3. The van der Waals surface area contributed by atoms with E-state index < -0.39 is 0 Å². The number of halogens is 1. The Labute approximate surface area is 199 Å². The molecule has 32 heavy (non-hydrogen) atoms. The Morgan fingerprint density at radius 2 is 2.19 bits per heavy atom. The Bertz CT molecular complexity index is 1220. The minimum absolute atomic E-state index is 0.00245. The molecule has 3 heterocycles. The normalized spacial score (nSPS) is 18.1. The van der Waals surface area contributed by atoms with Crippen LogP contribution in [0.1, 0.15) is 36.1 Å². The number of nitrogens with zero attached hydrogens (tertiary/aromatic N) is 2. The second kappa shape index (κ2) is 9.55. The predicted molar refractivity (Wildman–Crippen MR) is 130 cm³/mol. The Morgan fingerprint density at radius 3 is 3.00 bits per heavy atom. The van der Waals surface area contributed by atoms with Gasteiger partial charge in [-0.3, -0.25) is 14.2 Å². The number of thiophene rings is 1. The quantitative estimate of drug-likeness (QED) is 0.394. The van der Waals surface area contributed by atoms with Crippen molar-refractivity contribution < 1.29 is 9.53 Å². The lowest BCUT2D eigenvalue weighted by molar-refractivity contribution is -0.113. The summed E-state index contributed by atoms with van der Waals surface area (Å²) in [7, 11) is 0. The van der Waals surface area contributed by atoms with Crippen LogP contribution in [0.15, 0.2) is 34.2 Å². The first-order valence-corrected chi connectivity index (χ1v) is 13.1. The number of carbonyl (C=O) groups excluding carboxylic acids is 1. The highest BCUT2D eigenvalue weighted by Crippen LogP contribution is 2.35. The van der Waals surface area contributed by atoms with Crippen LogP contribution >= 0.6 is 34.7 Å². The van der Waals surface area contributed by atoms with E-state index in [-0.39, 0.29) is 23.3 Å². The number of hydrogen-bond donors (Lipinski definition) is 1. The van der Waals surface area contributed by atoms with Gasteiger partial charge >= 0.3 is 0 Å². The number of anilines is 1. The smallest absolute Gasteiger partial charge is 0.263 e. The van der Waals surface area contributed by atoms with E-state index in [4.69, 9.17) is 21.3 Å². The first kappa shape index (κ1) is 21.9. The molecular weight excluding hydrogens is 466 g/mol. The van der Waals surface area contributed by atoms with Gasteiger partial charge in [0.05, 0.1) is 23.8 Å². The van der Waals surface area contributed by atoms with E-state index in [1.807, 2.05) is 0 Å². The van der Waals surface area contributed by atoms with Gasteiger partial charge in [0.1, 0.15) is 4.83 Å². The summed E-state index contributed by atoms with van der Waals surface area (Å²) in [5.74, 6) is -0.0121. The van der Waals surface area contributed by atoms with Gasteiger partial charge in [0, 0.05) is 22.2 Å². The van der Waals surface area contributed by atoms with Crippen LogP contribution in [0.4, 0.5) is 5.69 Å². The second-order valence-electron chi connectivity index (χ2n) is 8.18. The molecule has 0 spiro atoms. The molecule has 1 aliphatic heterocycles. The SMILES string of the molecule is O=C(CSc1nc2sc3c(c2c(=O)n1CC1CCCO1)CCCC3)Nc1cccc(Cl)c1. The molecule has 1 saturated heterocycles. The summed E-state index contributed by atoms with van der Waals surface area (Å²) in [5.41, 5.74) is 1.84. The average Bonchev–Trinajstić information content (AvgIpc) is 3.42. The van der Waals surface area contributed by atoms with Gasteiger partial charge in [-0.25, -0.2) is 4.98 Å². The fourth-order valence-corrected chi connectivity index (χ4v) is 6.68. The molecule has 0 radical (unpaired) electrons. The summed E-state index contributed by atoms with van der Waals surface area (Å²) in [6.45, 7) is 1.21. The van der Waals surface area contributed by atoms with E-state index in [2.05, 4.69) is 5.32 Å². The zero-order valence-corrected chi connectivity index (χ0v) is 20.0. The second-order valence-corrected chi connectivity index (χ2v) is 10.6. The number of carbonyl (C=O) groups is 1. The monoisotopic (exact) mass is 489 g/mol. The molecule has 1 fully saturated rings. The van der Waals surface area contributed by atoms with E-state index in [0.29, 0.717) is 22.4 Å². The van der Waals surface area contributed by atoms with Gasteiger partial charge < -0.3 is 10.1 Å². The van der Waals surface area contributed by atoms with Crippen LogP contribution in [0, 0.1) is 0 Å². The van der Waals surface area contributed by atoms with Crippen LogP contribution in [-0.4, -0.2) is 33.9 Å². The summed E-state index contributed by atoms with van der Waals surface area (Å²) in [4.78, 5) is 33.1. The summed E-state index contributed by atoms with van der Waals surface area (Å²) in [6.07, 6.45) is 6.20. The minimum atomic E-state index is -0.166. The Balaban J connectivity index is 1.43. The third-order valence-corrected chi connectivity index (χ3v) is 8.29. The lowest BCUT2D eigenvalue weighted by Gasteiger charge is -2.16. The minimum Gasteiger partial charge on any atom is -0.376 e. The zero-order valence-electron chi connectivity index (χ0n) is 17.6. The molecule has 2 aliphatic rings. The first-order chi connectivity index (χ1) is 15.6. The van der Waals surface area contributed by atoms with Crippen LogP contribution in [-0.2, 0) is 28.9 Å². The Morgan fingerprint density at radius 1 is 1.31 bits per heavy atom. The fraction of sp³-hybridized carbons (Fsp3) is 0.435. The number of aryl methyl sites for hydroxylation is 2. The number of rotatable bonds is 6. The maximum Gasteiger partial charge on any atom is 0.263 e. The molecule has 1 aromatic carbocycles. The van der Waals surface area contributed by atoms with E-state index in [1.165, 1.54) is 22.2 Å². The van der Waals surface area contributed by atoms with Gasteiger partial charge in [-0.2, -0.15) is 0 Å². The van der Waals surface area contributed by atoms with Gasteiger partial charge in [-0.1, -0.05) is 29.4 Å². The van der Waals surface area contributed by atoms with Gasteiger partial charge in [0.15, 0.2) is 5.16 Å². The van der Waals surface area contributed by atoms with Crippen molar-refractivity contribution in [1.29, 1.82) is 0 Å².